The third kappa shape index (κ3) is 3.31. The molecular weight excluding hydrogens is 232 g/mol. The molecule has 0 aliphatic rings. The van der Waals surface area contributed by atoms with Gasteiger partial charge in [-0.2, -0.15) is 10.4 Å². The molecule has 0 aliphatic carbocycles. The molecule has 18 heavy (non-hydrogen) atoms. The number of nitrogens with two attached hydrogens (primary N) is 1. The Morgan fingerprint density at radius 1 is 1.56 bits per heavy atom. The van der Waals surface area contributed by atoms with E-state index in [1.54, 1.807) is 30.3 Å². The standard InChI is InChI=1S/C11H12N6O/c1-15-11(18)7-3-2-4-8(5-7)16-17-9(6-12)10(13)14/h2-5,16H,1H3,(H3,13,14)(H,15,18)/b17-9+. The Morgan fingerprint density at radius 2 is 2.28 bits per heavy atom. The van der Waals surface area contributed by atoms with E-state index in [-0.39, 0.29) is 11.6 Å². The summed E-state index contributed by atoms with van der Waals surface area (Å²) in [6, 6.07) is 8.23. The summed E-state index contributed by atoms with van der Waals surface area (Å²) in [6.45, 7) is 0. The molecule has 0 spiro atoms. The molecule has 0 unspecified atom stereocenters. The number of carbonyl (C=O) groups excluding carboxylic acids is 1. The zero-order valence-electron chi connectivity index (χ0n) is 9.69. The van der Waals surface area contributed by atoms with Crippen molar-refractivity contribution in [1.29, 1.82) is 10.7 Å². The number of rotatable bonds is 4. The molecule has 0 bridgehead atoms. The highest BCUT2D eigenvalue weighted by Crippen LogP contribution is 2.10. The van der Waals surface area contributed by atoms with E-state index in [1.807, 2.05) is 0 Å². The number of benzene rings is 1. The SMILES string of the molecule is CNC(=O)c1cccc(N/N=C(\C#N)C(=N)N)c1. The van der Waals surface area contributed by atoms with E-state index < -0.39 is 5.84 Å². The summed E-state index contributed by atoms with van der Waals surface area (Å²) in [5.74, 6) is -0.651. The van der Waals surface area contributed by atoms with Crippen molar-refractivity contribution < 1.29 is 4.79 Å². The average Bonchev–Trinajstić information content (AvgIpc) is 2.38. The Kier molecular flexibility index (Phi) is 4.40. The first-order chi connectivity index (χ1) is 8.58. The number of amides is 1. The second-order valence-corrected chi connectivity index (χ2v) is 3.26. The molecule has 5 N–H and O–H groups in total. The van der Waals surface area contributed by atoms with Crippen LogP contribution in [-0.2, 0) is 0 Å². The highest BCUT2D eigenvalue weighted by atomic mass is 16.1. The monoisotopic (exact) mass is 244 g/mol. The molecule has 0 atom stereocenters. The largest absolute Gasteiger partial charge is 0.382 e. The first kappa shape index (κ1) is 13.2. The Morgan fingerprint density at radius 3 is 2.83 bits per heavy atom. The molecular formula is C11H12N6O. The van der Waals surface area contributed by atoms with Crippen molar-refractivity contribution in [2.24, 2.45) is 10.8 Å². The van der Waals surface area contributed by atoms with Crippen molar-refractivity contribution in [3.63, 3.8) is 0 Å². The molecule has 1 rings (SSSR count). The van der Waals surface area contributed by atoms with Crippen molar-refractivity contribution in [3.05, 3.63) is 29.8 Å². The van der Waals surface area contributed by atoms with Crippen LogP contribution in [0, 0.1) is 16.7 Å². The summed E-state index contributed by atoms with van der Waals surface area (Å²) in [4.78, 5) is 11.4. The Bertz CT molecular complexity index is 543. The van der Waals surface area contributed by atoms with Gasteiger partial charge in [-0.1, -0.05) is 6.07 Å². The summed E-state index contributed by atoms with van der Waals surface area (Å²) >= 11 is 0. The molecule has 7 nitrogen and oxygen atoms in total. The molecule has 1 aromatic carbocycles. The molecule has 1 aromatic rings. The van der Waals surface area contributed by atoms with Crippen LogP contribution in [0.25, 0.3) is 0 Å². The zero-order chi connectivity index (χ0) is 13.5. The highest BCUT2D eigenvalue weighted by Gasteiger charge is 2.04. The molecule has 0 radical (unpaired) electrons. The first-order valence-corrected chi connectivity index (χ1v) is 4.98. The number of amidine groups is 1. The van der Waals surface area contributed by atoms with E-state index >= 15 is 0 Å². The van der Waals surface area contributed by atoms with Gasteiger partial charge in [0.25, 0.3) is 5.91 Å². The normalized spacial score (nSPS) is 10.3. The number of hydrazone groups is 1. The van der Waals surface area contributed by atoms with Gasteiger partial charge in [-0.05, 0) is 18.2 Å². The molecule has 7 heteroatoms. The molecule has 0 saturated carbocycles. The van der Waals surface area contributed by atoms with Gasteiger partial charge in [-0.15, -0.1) is 0 Å². The number of nitrogens with zero attached hydrogens (tertiary/aromatic N) is 2. The molecule has 0 saturated heterocycles. The van der Waals surface area contributed by atoms with Crippen LogP contribution in [-0.4, -0.2) is 24.5 Å². The van der Waals surface area contributed by atoms with Crippen LogP contribution in [0.5, 0.6) is 0 Å². The van der Waals surface area contributed by atoms with Crippen LogP contribution < -0.4 is 16.5 Å². The fraction of sp³-hybridized carbons (Fsp3) is 0.0909. The van der Waals surface area contributed by atoms with E-state index in [1.165, 1.54) is 7.05 Å². The smallest absolute Gasteiger partial charge is 0.251 e. The quantitative estimate of drug-likeness (QED) is 0.344. The lowest BCUT2D eigenvalue weighted by molar-refractivity contribution is 0.0963. The summed E-state index contributed by atoms with van der Waals surface area (Å²) in [7, 11) is 1.53. The number of carbonyl (C=O) groups is 1. The zero-order valence-corrected chi connectivity index (χ0v) is 9.69. The van der Waals surface area contributed by atoms with E-state index in [2.05, 4.69) is 15.8 Å². The maximum absolute atomic E-state index is 11.4. The first-order valence-electron chi connectivity index (χ1n) is 4.98. The molecule has 0 aromatic heterocycles. The molecule has 0 heterocycles. The van der Waals surface area contributed by atoms with Gasteiger partial charge in [0.1, 0.15) is 6.07 Å². The third-order valence-corrected chi connectivity index (χ3v) is 2.01. The second-order valence-electron chi connectivity index (χ2n) is 3.26. The number of nitriles is 1. The van der Waals surface area contributed by atoms with E-state index in [0.29, 0.717) is 11.3 Å². The predicted molar refractivity (Wildman–Crippen MR) is 68.4 cm³/mol. The lowest BCUT2D eigenvalue weighted by Crippen LogP contribution is -2.22. The maximum atomic E-state index is 11.4. The summed E-state index contributed by atoms with van der Waals surface area (Å²) < 4.78 is 0. The highest BCUT2D eigenvalue weighted by molar-refractivity contribution is 6.45. The molecule has 0 fully saturated rings. The van der Waals surface area contributed by atoms with Gasteiger partial charge in [0.05, 0.1) is 5.69 Å². The number of anilines is 1. The van der Waals surface area contributed by atoms with Crippen LogP contribution in [0.15, 0.2) is 29.4 Å². The Labute approximate surface area is 104 Å². The topological polar surface area (TPSA) is 127 Å². The minimum atomic E-state index is -0.424. The molecule has 92 valence electrons. The van der Waals surface area contributed by atoms with Gasteiger partial charge >= 0.3 is 0 Å². The third-order valence-electron chi connectivity index (χ3n) is 2.01. The summed E-state index contributed by atoms with van der Waals surface area (Å²) in [5.41, 5.74) is 8.45. The second kappa shape index (κ2) is 6.00. The molecule has 1 amide bonds. The van der Waals surface area contributed by atoms with Crippen LogP contribution in [0.3, 0.4) is 0 Å². The lowest BCUT2D eigenvalue weighted by Gasteiger charge is -2.04. The van der Waals surface area contributed by atoms with Gasteiger partial charge < -0.3 is 11.1 Å². The van der Waals surface area contributed by atoms with Crippen LogP contribution in [0.4, 0.5) is 5.69 Å². The number of nitrogens with one attached hydrogen (secondary N) is 3. The van der Waals surface area contributed by atoms with Gasteiger partial charge in [0.15, 0.2) is 5.84 Å². The summed E-state index contributed by atoms with van der Waals surface area (Å²) in [5, 5.41) is 21.9. The Balaban J connectivity index is 2.90. The van der Waals surface area contributed by atoms with Crippen molar-refractivity contribution in [3.8, 4) is 6.07 Å². The van der Waals surface area contributed by atoms with Crippen LogP contribution in [0.1, 0.15) is 10.4 Å². The van der Waals surface area contributed by atoms with Crippen LogP contribution in [0.2, 0.25) is 0 Å². The number of hydrogen-bond donors (Lipinski definition) is 4. The maximum Gasteiger partial charge on any atom is 0.251 e. The van der Waals surface area contributed by atoms with Crippen molar-refractivity contribution in [2.75, 3.05) is 12.5 Å². The molecule has 0 aliphatic heterocycles. The minimum Gasteiger partial charge on any atom is -0.382 e. The fourth-order valence-corrected chi connectivity index (χ4v) is 1.14. The van der Waals surface area contributed by atoms with Crippen LogP contribution >= 0.6 is 0 Å². The van der Waals surface area contributed by atoms with E-state index in [0.717, 1.165) is 0 Å². The summed E-state index contributed by atoms with van der Waals surface area (Å²) in [6.07, 6.45) is 0. The van der Waals surface area contributed by atoms with Crippen molar-refractivity contribution in [2.45, 2.75) is 0 Å². The minimum absolute atomic E-state index is 0.222. The predicted octanol–water partition coefficient (Wildman–Crippen LogP) is 0.274. The van der Waals surface area contributed by atoms with Crippen molar-refractivity contribution in [1.82, 2.24) is 5.32 Å². The fourth-order valence-electron chi connectivity index (χ4n) is 1.14. The van der Waals surface area contributed by atoms with E-state index in [4.69, 9.17) is 16.4 Å². The van der Waals surface area contributed by atoms with Gasteiger partial charge in [0, 0.05) is 12.6 Å². The Hall–Kier alpha value is -2.88. The van der Waals surface area contributed by atoms with Crippen molar-refractivity contribution >= 4 is 23.1 Å². The van der Waals surface area contributed by atoms with Gasteiger partial charge in [-0.25, -0.2) is 0 Å². The van der Waals surface area contributed by atoms with Gasteiger partial charge in [-0.3, -0.25) is 15.6 Å². The number of hydrogen-bond acceptors (Lipinski definition) is 5. The van der Waals surface area contributed by atoms with E-state index in [9.17, 15) is 4.79 Å². The lowest BCUT2D eigenvalue weighted by atomic mass is 10.2. The van der Waals surface area contributed by atoms with Gasteiger partial charge in [0.2, 0.25) is 5.71 Å². The average molecular weight is 244 g/mol.